The highest BCUT2D eigenvalue weighted by Crippen LogP contribution is 2.40. The zero-order chi connectivity index (χ0) is 12.8. The molecule has 1 fully saturated rings. The molecule has 1 aromatic rings. The second kappa shape index (κ2) is 3.78. The fourth-order valence-corrected chi connectivity index (χ4v) is 1.96. The minimum atomic E-state index is -2.05. The average molecular weight is 243 g/mol. The van der Waals surface area contributed by atoms with Crippen LogP contribution in [0.1, 0.15) is 20.1 Å². The first-order chi connectivity index (χ1) is 7.84. The zero-order valence-corrected chi connectivity index (χ0v) is 9.50. The zero-order valence-electron chi connectivity index (χ0n) is 9.50. The Morgan fingerprint density at radius 1 is 1.71 bits per heavy atom. The highest BCUT2D eigenvalue weighted by atomic mass is 19.1. The van der Waals surface area contributed by atoms with Crippen molar-refractivity contribution in [2.75, 3.05) is 5.73 Å². The van der Waals surface area contributed by atoms with Crippen molar-refractivity contribution in [3.05, 3.63) is 22.7 Å². The predicted octanol–water partition coefficient (Wildman–Crippen LogP) is -0.168. The fraction of sp³-hybridized carbons (Fsp3) is 0.600. The van der Waals surface area contributed by atoms with Gasteiger partial charge in [-0.25, -0.2) is 9.18 Å². The number of aliphatic hydroxyl groups excluding tert-OH is 1. The quantitative estimate of drug-likeness (QED) is 0.714. The van der Waals surface area contributed by atoms with Gasteiger partial charge in [0.05, 0.1) is 6.10 Å². The third-order valence-electron chi connectivity index (χ3n) is 2.95. The van der Waals surface area contributed by atoms with Gasteiger partial charge in [-0.05, 0) is 19.9 Å². The van der Waals surface area contributed by atoms with Crippen LogP contribution in [0.4, 0.5) is 10.2 Å². The van der Waals surface area contributed by atoms with Crippen LogP contribution in [-0.4, -0.2) is 32.5 Å². The summed E-state index contributed by atoms with van der Waals surface area (Å²) < 4.78 is 20.5. The van der Waals surface area contributed by atoms with Crippen molar-refractivity contribution in [1.82, 2.24) is 9.55 Å². The van der Waals surface area contributed by atoms with Crippen molar-refractivity contribution >= 4 is 5.82 Å². The van der Waals surface area contributed by atoms with Crippen LogP contribution in [0.3, 0.4) is 0 Å². The molecule has 1 aromatic heterocycles. The van der Waals surface area contributed by atoms with E-state index in [0.717, 1.165) is 4.57 Å². The molecule has 0 spiro atoms. The highest BCUT2D eigenvalue weighted by molar-refractivity contribution is 5.23. The molecule has 0 unspecified atom stereocenters. The topological polar surface area (TPSA) is 90.4 Å². The van der Waals surface area contributed by atoms with Crippen LogP contribution in [0.2, 0.25) is 0 Å². The maximum absolute atomic E-state index is 14.3. The van der Waals surface area contributed by atoms with E-state index in [2.05, 4.69) is 4.98 Å². The number of aromatic nitrogens is 2. The number of hydrogen-bond acceptors (Lipinski definition) is 5. The van der Waals surface area contributed by atoms with Gasteiger partial charge in [-0.3, -0.25) is 4.57 Å². The largest absolute Gasteiger partial charge is 0.387 e. The monoisotopic (exact) mass is 243 g/mol. The number of anilines is 1. The van der Waals surface area contributed by atoms with Gasteiger partial charge in [-0.15, -0.1) is 0 Å². The van der Waals surface area contributed by atoms with Crippen LogP contribution < -0.4 is 11.4 Å². The van der Waals surface area contributed by atoms with E-state index in [1.54, 1.807) is 0 Å². The van der Waals surface area contributed by atoms with Crippen molar-refractivity contribution in [1.29, 1.82) is 0 Å². The van der Waals surface area contributed by atoms with Crippen molar-refractivity contribution < 1.29 is 14.2 Å². The predicted molar refractivity (Wildman–Crippen MR) is 58.0 cm³/mol. The molecular formula is C10H14FN3O3. The second-order valence-electron chi connectivity index (χ2n) is 4.33. The number of ether oxygens (including phenoxy) is 1. The maximum atomic E-state index is 14.3. The maximum Gasteiger partial charge on any atom is 0.351 e. The molecule has 94 valence electrons. The number of hydrogen-bond donors (Lipinski definition) is 2. The smallest absolute Gasteiger partial charge is 0.351 e. The van der Waals surface area contributed by atoms with Gasteiger partial charge in [0.15, 0.2) is 11.9 Å². The fourth-order valence-electron chi connectivity index (χ4n) is 1.96. The molecule has 1 aliphatic rings. The molecule has 7 heteroatoms. The summed E-state index contributed by atoms with van der Waals surface area (Å²) in [4.78, 5) is 15.1. The lowest BCUT2D eigenvalue weighted by atomic mass is 9.99. The molecule has 6 nitrogen and oxygen atoms in total. The number of aliphatic hydroxyl groups is 1. The number of nitrogens with two attached hydrogens (primary N) is 1. The van der Waals surface area contributed by atoms with Gasteiger partial charge in [0.1, 0.15) is 11.9 Å². The van der Waals surface area contributed by atoms with Crippen LogP contribution in [0.5, 0.6) is 0 Å². The van der Waals surface area contributed by atoms with Gasteiger partial charge in [-0.2, -0.15) is 4.98 Å². The third kappa shape index (κ3) is 1.81. The van der Waals surface area contributed by atoms with E-state index in [9.17, 15) is 14.3 Å². The number of halogens is 1. The molecule has 1 aliphatic heterocycles. The Balaban J connectivity index is 2.45. The van der Waals surface area contributed by atoms with E-state index in [0.29, 0.717) is 0 Å². The minimum Gasteiger partial charge on any atom is -0.387 e. The van der Waals surface area contributed by atoms with Gasteiger partial charge >= 0.3 is 5.69 Å². The summed E-state index contributed by atoms with van der Waals surface area (Å²) in [7, 11) is 0. The first-order valence-electron chi connectivity index (χ1n) is 5.21. The van der Waals surface area contributed by atoms with E-state index < -0.39 is 29.8 Å². The summed E-state index contributed by atoms with van der Waals surface area (Å²) in [5.74, 6) is 0.0541. The molecule has 0 saturated carbocycles. The Kier molecular flexibility index (Phi) is 2.67. The molecule has 0 aliphatic carbocycles. The van der Waals surface area contributed by atoms with Gasteiger partial charge < -0.3 is 15.6 Å². The molecule has 0 aromatic carbocycles. The van der Waals surface area contributed by atoms with Gasteiger partial charge in [0.2, 0.25) is 0 Å². The van der Waals surface area contributed by atoms with Crippen molar-refractivity contribution in [3.63, 3.8) is 0 Å². The van der Waals surface area contributed by atoms with Crippen molar-refractivity contribution in [2.24, 2.45) is 0 Å². The van der Waals surface area contributed by atoms with Crippen molar-refractivity contribution in [2.45, 2.75) is 38.0 Å². The Hall–Kier alpha value is -1.47. The highest BCUT2D eigenvalue weighted by Gasteiger charge is 2.53. The van der Waals surface area contributed by atoms with Crippen LogP contribution in [0.15, 0.2) is 17.1 Å². The molecule has 0 bridgehead atoms. The summed E-state index contributed by atoms with van der Waals surface area (Å²) in [5.41, 5.74) is 2.58. The van der Waals surface area contributed by atoms with Crippen LogP contribution in [0, 0.1) is 0 Å². The molecule has 4 atom stereocenters. The third-order valence-corrected chi connectivity index (χ3v) is 2.95. The number of rotatable bonds is 1. The summed E-state index contributed by atoms with van der Waals surface area (Å²) in [5, 5.41) is 9.64. The minimum absolute atomic E-state index is 0.0541. The number of alkyl halides is 1. The first kappa shape index (κ1) is 12.0. The SMILES string of the molecule is C[C@H]1O[C@@H](n2ccc(N)nc2=O)[C@](C)(F)[C@@H]1O. The summed E-state index contributed by atoms with van der Waals surface area (Å²) in [6, 6.07) is 1.37. The summed E-state index contributed by atoms with van der Waals surface area (Å²) in [6.45, 7) is 2.73. The van der Waals surface area contributed by atoms with E-state index in [4.69, 9.17) is 10.5 Å². The molecular weight excluding hydrogens is 229 g/mol. The van der Waals surface area contributed by atoms with Crippen LogP contribution in [0.25, 0.3) is 0 Å². The lowest BCUT2D eigenvalue weighted by Crippen LogP contribution is -2.42. The van der Waals surface area contributed by atoms with Gasteiger partial charge in [0.25, 0.3) is 0 Å². The van der Waals surface area contributed by atoms with Gasteiger partial charge in [0, 0.05) is 6.20 Å². The molecule has 1 saturated heterocycles. The molecule has 0 radical (unpaired) electrons. The lowest BCUT2D eigenvalue weighted by Gasteiger charge is -2.24. The van der Waals surface area contributed by atoms with E-state index in [1.165, 1.54) is 26.1 Å². The molecule has 17 heavy (non-hydrogen) atoms. The second-order valence-corrected chi connectivity index (χ2v) is 4.33. The first-order valence-corrected chi connectivity index (χ1v) is 5.21. The van der Waals surface area contributed by atoms with Crippen LogP contribution >= 0.6 is 0 Å². The number of nitrogens with zero attached hydrogens (tertiary/aromatic N) is 2. The molecule has 0 amide bonds. The molecule has 3 N–H and O–H groups in total. The summed E-state index contributed by atoms with van der Waals surface area (Å²) in [6.07, 6.45) is -1.89. The Labute approximate surface area is 96.8 Å². The Morgan fingerprint density at radius 2 is 2.35 bits per heavy atom. The number of nitrogen functional groups attached to an aromatic ring is 1. The van der Waals surface area contributed by atoms with Crippen LogP contribution in [-0.2, 0) is 4.74 Å². The summed E-state index contributed by atoms with van der Waals surface area (Å²) >= 11 is 0. The Morgan fingerprint density at radius 3 is 2.82 bits per heavy atom. The van der Waals surface area contributed by atoms with E-state index >= 15 is 0 Å². The normalized spacial score (nSPS) is 37.3. The average Bonchev–Trinajstić information content (AvgIpc) is 2.43. The van der Waals surface area contributed by atoms with Gasteiger partial charge in [-0.1, -0.05) is 0 Å². The molecule has 2 rings (SSSR count). The molecule has 2 heterocycles. The lowest BCUT2D eigenvalue weighted by molar-refractivity contribution is -0.0474. The standard InChI is InChI=1S/C10H14FN3O3/c1-5-7(15)10(2,11)8(17-5)14-4-3-6(12)13-9(14)16/h3-5,7-8,15H,1-2H3,(H2,12,13,16)/t5-,7-,8-,10-/m1/s1. The van der Waals surface area contributed by atoms with E-state index in [-0.39, 0.29) is 5.82 Å². The Bertz CT molecular complexity index is 488. The van der Waals surface area contributed by atoms with E-state index in [1.807, 2.05) is 0 Å². The van der Waals surface area contributed by atoms with Crippen molar-refractivity contribution in [3.8, 4) is 0 Å².